The van der Waals surface area contributed by atoms with E-state index in [4.69, 9.17) is 0 Å². The Morgan fingerprint density at radius 3 is 2.78 bits per heavy atom. The number of fused-ring (bicyclic) bond motifs is 1. The maximum Gasteiger partial charge on any atom is 0.290 e. The van der Waals surface area contributed by atoms with Gasteiger partial charge in [-0.2, -0.15) is 0 Å². The fourth-order valence-corrected chi connectivity index (χ4v) is 3.60. The first kappa shape index (κ1) is 17.3. The van der Waals surface area contributed by atoms with Crippen LogP contribution in [0.4, 0.5) is 10.5 Å². The van der Waals surface area contributed by atoms with Gasteiger partial charge in [0.15, 0.2) is 0 Å². The van der Waals surface area contributed by atoms with Crippen LogP contribution in [0.1, 0.15) is 16.7 Å². The van der Waals surface area contributed by atoms with E-state index < -0.39 is 0 Å². The molecule has 1 fully saturated rings. The number of imide groups is 1. The minimum atomic E-state index is -0.359. The molecule has 1 aromatic heterocycles. The van der Waals surface area contributed by atoms with E-state index in [0.717, 1.165) is 39.5 Å². The third kappa shape index (κ3) is 3.85. The van der Waals surface area contributed by atoms with Crippen molar-refractivity contribution in [3.8, 4) is 0 Å². The minimum absolute atomic E-state index is 0.342. The summed E-state index contributed by atoms with van der Waals surface area (Å²) in [5.74, 6) is -0.359. The highest BCUT2D eigenvalue weighted by Gasteiger charge is 2.24. The van der Waals surface area contributed by atoms with E-state index in [1.807, 2.05) is 24.3 Å². The summed E-state index contributed by atoms with van der Waals surface area (Å²) in [6.07, 6.45) is 3.40. The number of carbonyl (C=O) groups excluding carboxylic acids is 2. The molecule has 5 nitrogen and oxygen atoms in total. The van der Waals surface area contributed by atoms with E-state index in [2.05, 4.69) is 46.8 Å². The molecule has 27 heavy (non-hydrogen) atoms. The van der Waals surface area contributed by atoms with Crippen LogP contribution in [0, 0.1) is 6.92 Å². The van der Waals surface area contributed by atoms with Crippen molar-refractivity contribution < 1.29 is 9.59 Å². The van der Waals surface area contributed by atoms with Crippen LogP contribution in [0.3, 0.4) is 0 Å². The SMILES string of the molecule is Cc1ccccc1NCc1ccc2cc(C=C3SC(=O)NC3=O)cnc2c1. The quantitative estimate of drug-likeness (QED) is 0.658. The Bertz CT molecular complexity index is 1090. The number of thioether (sulfide) groups is 1. The number of aryl methyl sites for hydroxylation is 1. The molecule has 2 N–H and O–H groups in total. The van der Waals surface area contributed by atoms with Crippen molar-refractivity contribution in [1.82, 2.24) is 10.3 Å². The van der Waals surface area contributed by atoms with Crippen LogP contribution < -0.4 is 10.6 Å². The standard InChI is InChI=1S/C21H17N3O2S/c1-13-4-2-3-5-17(13)22-11-14-6-7-16-8-15(12-23-18(16)9-14)10-19-20(25)24-21(26)27-19/h2-10,12,22H,11H2,1H3,(H,24,25,26). The van der Waals surface area contributed by atoms with Crippen LogP contribution in [0.25, 0.3) is 17.0 Å². The first-order valence-corrected chi connectivity index (χ1v) is 9.33. The van der Waals surface area contributed by atoms with Crippen molar-refractivity contribution in [2.24, 2.45) is 0 Å². The van der Waals surface area contributed by atoms with Crippen molar-refractivity contribution >= 4 is 45.6 Å². The van der Waals surface area contributed by atoms with Crippen molar-refractivity contribution in [3.05, 3.63) is 76.3 Å². The van der Waals surface area contributed by atoms with E-state index in [0.29, 0.717) is 11.4 Å². The second-order valence-electron chi connectivity index (χ2n) is 6.32. The predicted octanol–water partition coefficient (Wildman–Crippen LogP) is 4.48. The van der Waals surface area contributed by atoms with Gasteiger partial charge in [0.05, 0.1) is 10.4 Å². The molecule has 0 bridgehead atoms. The molecular weight excluding hydrogens is 358 g/mol. The molecule has 1 saturated heterocycles. The lowest BCUT2D eigenvalue weighted by Crippen LogP contribution is -2.17. The zero-order chi connectivity index (χ0) is 18.8. The van der Waals surface area contributed by atoms with Gasteiger partial charge in [-0.05, 0) is 59.7 Å². The summed E-state index contributed by atoms with van der Waals surface area (Å²) < 4.78 is 0. The number of benzene rings is 2. The normalized spacial score (nSPS) is 15.4. The first-order chi connectivity index (χ1) is 13.1. The number of amides is 2. The monoisotopic (exact) mass is 375 g/mol. The van der Waals surface area contributed by atoms with Crippen molar-refractivity contribution in [2.75, 3.05) is 5.32 Å². The lowest BCUT2D eigenvalue weighted by Gasteiger charge is -2.10. The number of para-hydroxylation sites is 1. The molecule has 0 spiro atoms. The molecule has 0 unspecified atom stereocenters. The van der Waals surface area contributed by atoms with Crippen LogP contribution in [0.2, 0.25) is 0 Å². The van der Waals surface area contributed by atoms with Crippen LogP contribution in [0.5, 0.6) is 0 Å². The highest BCUT2D eigenvalue weighted by atomic mass is 32.2. The zero-order valence-electron chi connectivity index (χ0n) is 14.7. The van der Waals surface area contributed by atoms with Gasteiger partial charge in [-0.3, -0.25) is 19.9 Å². The Morgan fingerprint density at radius 2 is 2.00 bits per heavy atom. The highest BCUT2D eigenvalue weighted by molar-refractivity contribution is 8.18. The summed E-state index contributed by atoms with van der Waals surface area (Å²) >= 11 is 0.907. The zero-order valence-corrected chi connectivity index (χ0v) is 15.5. The first-order valence-electron chi connectivity index (χ1n) is 8.51. The second-order valence-corrected chi connectivity index (χ2v) is 7.33. The molecule has 6 heteroatoms. The van der Waals surface area contributed by atoms with Crippen molar-refractivity contribution in [3.63, 3.8) is 0 Å². The van der Waals surface area contributed by atoms with Gasteiger partial charge in [0.2, 0.25) is 0 Å². The van der Waals surface area contributed by atoms with Gasteiger partial charge in [-0.1, -0.05) is 30.3 Å². The molecular formula is C21H17N3O2S. The average Bonchev–Trinajstić information content (AvgIpc) is 2.98. The van der Waals surface area contributed by atoms with Gasteiger partial charge in [-0.15, -0.1) is 0 Å². The molecule has 0 radical (unpaired) electrons. The van der Waals surface area contributed by atoms with E-state index in [1.54, 1.807) is 12.3 Å². The summed E-state index contributed by atoms with van der Waals surface area (Å²) in [6.45, 7) is 2.80. The van der Waals surface area contributed by atoms with Crippen LogP contribution in [-0.2, 0) is 11.3 Å². The number of carbonyl (C=O) groups is 2. The molecule has 1 aliphatic rings. The Balaban J connectivity index is 1.54. The molecule has 2 heterocycles. The van der Waals surface area contributed by atoms with E-state index in [9.17, 15) is 9.59 Å². The van der Waals surface area contributed by atoms with Crippen LogP contribution in [-0.4, -0.2) is 16.1 Å². The number of anilines is 1. The number of aromatic nitrogens is 1. The van der Waals surface area contributed by atoms with Gasteiger partial charge in [0.1, 0.15) is 0 Å². The average molecular weight is 375 g/mol. The highest BCUT2D eigenvalue weighted by Crippen LogP contribution is 2.26. The molecule has 2 amide bonds. The number of nitrogens with one attached hydrogen (secondary N) is 2. The molecule has 134 valence electrons. The largest absolute Gasteiger partial charge is 0.381 e. The Morgan fingerprint density at radius 1 is 1.15 bits per heavy atom. The third-order valence-electron chi connectivity index (χ3n) is 4.34. The molecule has 0 atom stereocenters. The summed E-state index contributed by atoms with van der Waals surface area (Å²) in [5.41, 5.74) is 5.15. The predicted molar refractivity (Wildman–Crippen MR) is 109 cm³/mol. The second kappa shape index (κ2) is 7.25. The number of pyridine rings is 1. The lowest BCUT2D eigenvalue weighted by molar-refractivity contribution is -0.115. The van der Waals surface area contributed by atoms with Crippen LogP contribution >= 0.6 is 11.8 Å². The minimum Gasteiger partial charge on any atom is -0.381 e. The van der Waals surface area contributed by atoms with E-state index >= 15 is 0 Å². The van der Waals surface area contributed by atoms with Gasteiger partial charge >= 0.3 is 0 Å². The fraction of sp³-hybridized carbons (Fsp3) is 0.0952. The molecule has 0 aliphatic carbocycles. The summed E-state index contributed by atoms with van der Waals surface area (Å²) in [5, 5.41) is 6.34. The summed E-state index contributed by atoms with van der Waals surface area (Å²) in [6, 6.07) is 16.3. The van der Waals surface area contributed by atoms with Gasteiger partial charge < -0.3 is 5.32 Å². The topological polar surface area (TPSA) is 71.1 Å². The fourth-order valence-electron chi connectivity index (χ4n) is 2.91. The summed E-state index contributed by atoms with van der Waals surface area (Å²) in [7, 11) is 0. The third-order valence-corrected chi connectivity index (χ3v) is 5.15. The van der Waals surface area contributed by atoms with Gasteiger partial charge in [0, 0.05) is 23.8 Å². The maximum absolute atomic E-state index is 11.7. The maximum atomic E-state index is 11.7. The Hall–Kier alpha value is -3.12. The summed E-state index contributed by atoms with van der Waals surface area (Å²) in [4.78, 5) is 27.8. The van der Waals surface area contributed by atoms with Gasteiger partial charge in [0.25, 0.3) is 11.1 Å². The number of hydrogen-bond donors (Lipinski definition) is 2. The van der Waals surface area contributed by atoms with E-state index in [1.165, 1.54) is 5.56 Å². The molecule has 1 aliphatic heterocycles. The van der Waals surface area contributed by atoms with Crippen LogP contribution in [0.15, 0.2) is 59.6 Å². The molecule has 2 aromatic carbocycles. The Labute approximate surface area is 160 Å². The lowest BCUT2D eigenvalue weighted by atomic mass is 10.1. The number of hydrogen-bond acceptors (Lipinski definition) is 5. The van der Waals surface area contributed by atoms with Crippen molar-refractivity contribution in [1.29, 1.82) is 0 Å². The van der Waals surface area contributed by atoms with E-state index in [-0.39, 0.29) is 11.1 Å². The molecule has 4 rings (SSSR count). The number of nitrogens with zero attached hydrogens (tertiary/aromatic N) is 1. The Kier molecular flexibility index (Phi) is 4.64. The molecule has 0 saturated carbocycles. The smallest absolute Gasteiger partial charge is 0.290 e. The van der Waals surface area contributed by atoms with Crippen molar-refractivity contribution in [2.45, 2.75) is 13.5 Å². The molecule has 3 aromatic rings. The van der Waals surface area contributed by atoms with Gasteiger partial charge in [-0.25, -0.2) is 0 Å². The number of rotatable bonds is 4.